The van der Waals surface area contributed by atoms with E-state index in [4.69, 9.17) is 4.74 Å². The second-order valence-corrected chi connectivity index (χ2v) is 6.56. The number of likely N-dealkylation sites (tertiary alicyclic amines) is 1. The fraction of sp³-hybridized carbons (Fsp3) is 0.562. The van der Waals surface area contributed by atoms with Crippen LogP contribution in [0, 0.1) is 11.6 Å². The number of rotatable bonds is 1. The highest BCUT2D eigenvalue weighted by Gasteiger charge is 2.33. The van der Waals surface area contributed by atoms with Gasteiger partial charge in [-0.25, -0.2) is 13.6 Å². The maximum atomic E-state index is 13.4. The maximum Gasteiger partial charge on any atom is 0.410 e. The van der Waals surface area contributed by atoms with Gasteiger partial charge >= 0.3 is 6.09 Å². The van der Waals surface area contributed by atoms with E-state index < -0.39 is 35.4 Å². The van der Waals surface area contributed by atoms with Gasteiger partial charge in [-0.1, -0.05) is 6.07 Å². The summed E-state index contributed by atoms with van der Waals surface area (Å²) in [5.74, 6) is -2.35. The fourth-order valence-electron chi connectivity index (χ4n) is 2.50. The van der Waals surface area contributed by atoms with Crippen molar-refractivity contribution in [2.45, 2.75) is 44.8 Å². The number of nitrogens with zero attached hydrogens (tertiary/aromatic N) is 1. The third kappa shape index (κ3) is 3.94. The zero-order valence-corrected chi connectivity index (χ0v) is 13.0. The molecule has 1 fully saturated rings. The van der Waals surface area contributed by atoms with E-state index in [-0.39, 0.29) is 6.54 Å². The van der Waals surface area contributed by atoms with Gasteiger partial charge < -0.3 is 14.7 Å². The summed E-state index contributed by atoms with van der Waals surface area (Å²) in [5.41, 5.74) is -0.135. The van der Waals surface area contributed by atoms with Crippen molar-refractivity contribution in [2.75, 3.05) is 13.1 Å². The fourth-order valence-corrected chi connectivity index (χ4v) is 2.50. The Morgan fingerprint density at radius 3 is 2.59 bits per heavy atom. The van der Waals surface area contributed by atoms with Gasteiger partial charge in [0.25, 0.3) is 0 Å². The zero-order valence-electron chi connectivity index (χ0n) is 13.0. The predicted molar refractivity (Wildman–Crippen MR) is 77.5 cm³/mol. The van der Waals surface area contributed by atoms with Gasteiger partial charge in [-0.2, -0.15) is 0 Å². The van der Waals surface area contributed by atoms with Crippen molar-refractivity contribution in [3.05, 3.63) is 35.4 Å². The van der Waals surface area contributed by atoms with Crippen molar-refractivity contribution >= 4 is 6.09 Å². The molecule has 0 spiro atoms. The van der Waals surface area contributed by atoms with E-state index in [0.717, 1.165) is 12.1 Å². The Labute approximate surface area is 128 Å². The van der Waals surface area contributed by atoms with Crippen LogP contribution in [0.4, 0.5) is 13.6 Å². The molecule has 1 aromatic carbocycles. The van der Waals surface area contributed by atoms with Crippen LogP contribution in [-0.2, 0) is 4.74 Å². The number of carbonyl (C=O) groups excluding carboxylic acids is 1. The molecule has 4 nitrogen and oxygen atoms in total. The third-order valence-electron chi connectivity index (χ3n) is 3.60. The first kappa shape index (κ1) is 16.7. The van der Waals surface area contributed by atoms with Gasteiger partial charge in [0.1, 0.15) is 5.60 Å². The monoisotopic (exact) mass is 313 g/mol. The second kappa shape index (κ2) is 6.20. The van der Waals surface area contributed by atoms with Crippen LogP contribution in [-0.4, -0.2) is 40.9 Å². The van der Waals surface area contributed by atoms with Crippen molar-refractivity contribution in [3.63, 3.8) is 0 Å². The normalized spacial score (nSPS) is 22.5. The molecule has 1 heterocycles. The molecule has 0 saturated carbocycles. The molecule has 0 radical (unpaired) electrons. The summed E-state index contributed by atoms with van der Waals surface area (Å²) < 4.78 is 31.7. The molecule has 2 rings (SSSR count). The van der Waals surface area contributed by atoms with Gasteiger partial charge in [-0.15, -0.1) is 0 Å². The molecule has 1 aliphatic rings. The highest BCUT2D eigenvalue weighted by atomic mass is 19.2. The summed E-state index contributed by atoms with van der Waals surface area (Å²) in [6.07, 6.45) is -0.807. The van der Waals surface area contributed by atoms with E-state index in [0.29, 0.717) is 18.5 Å². The topological polar surface area (TPSA) is 49.8 Å². The average molecular weight is 313 g/mol. The highest BCUT2D eigenvalue weighted by molar-refractivity contribution is 5.68. The standard InChI is InChI=1S/C16H21F2NO3/c1-16(2,3)22-15(21)19-7-6-14(20)11(9-19)10-4-5-12(17)13(18)8-10/h4-5,8,11,14,20H,6-7,9H2,1-3H3. The quantitative estimate of drug-likeness (QED) is 0.867. The number of ether oxygens (including phenoxy) is 1. The van der Waals surface area contributed by atoms with Crippen LogP contribution in [0.3, 0.4) is 0 Å². The summed E-state index contributed by atoms with van der Waals surface area (Å²) in [5, 5.41) is 10.1. The third-order valence-corrected chi connectivity index (χ3v) is 3.60. The lowest BCUT2D eigenvalue weighted by Crippen LogP contribution is -2.46. The number of carbonyl (C=O) groups is 1. The van der Waals surface area contributed by atoms with Gasteiger partial charge in [0.15, 0.2) is 11.6 Å². The van der Waals surface area contributed by atoms with E-state index in [1.807, 2.05) is 0 Å². The molecule has 22 heavy (non-hydrogen) atoms. The van der Waals surface area contributed by atoms with Crippen molar-refractivity contribution < 1.29 is 23.4 Å². The van der Waals surface area contributed by atoms with Crippen LogP contribution in [0.1, 0.15) is 38.7 Å². The molecular weight excluding hydrogens is 292 g/mol. The summed E-state index contributed by atoms with van der Waals surface area (Å²) >= 11 is 0. The van der Waals surface area contributed by atoms with E-state index in [9.17, 15) is 18.7 Å². The largest absolute Gasteiger partial charge is 0.444 e. The molecule has 0 aromatic heterocycles. The van der Waals surface area contributed by atoms with Crippen LogP contribution in [0.15, 0.2) is 18.2 Å². The van der Waals surface area contributed by atoms with Crippen molar-refractivity contribution in [2.24, 2.45) is 0 Å². The Bertz CT molecular complexity index is 557. The van der Waals surface area contributed by atoms with Crippen LogP contribution in [0.25, 0.3) is 0 Å². The van der Waals surface area contributed by atoms with Crippen LogP contribution in [0.2, 0.25) is 0 Å². The SMILES string of the molecule is CC(C)(C)OC(=O)N1CCC(O)C(c2ccc(F)c(F)c2)C1. The molecule has 2 unspecified atom stereocenters. The Hall–Kier alpha value is -1.69. The Morgan fingerprint density at radius 1 is 1.32 bits per heavy atom. The molecule has 6 heteroatoms. The zero-order chi connectivity index (χ0) is 16.5. The lowest BCUT2D eigenvalue weighted by molar-refractivity contribution is 0.00404. The number of piperidine rings is 1. The van der Waals surface area contributed by atoms with Crippen LogP contribution in [0.5, 0.6) is 0 Å². The molecule has 1 aromatic rings. The predicted octanol–water partition coefficient (Wildman–Crippen LogP) is 3.05. The molecule has 1 N–H and O–H groups in total. The number of amides is 1. The minimum atomic E-state index is -0.959. The lowest BCUT2D eigenvalue weighted by Gasteiger charge is -2.37. The summed E-state index contributed by atoms with van der Waals surface area (Å²) in [6, 6.07) is 3.54. The minimum absolute atomic E-state index is 0.209. The maximum absolute atomic E-state index is 13.4. The molecule has 1 saturated heterocycles. The van der Waals surface area contributed by atoms with Gasteiger partial charge in [0.2, 0.25) is 0 Å². The van der Waals surface area contributed by atoms with E-state index in [2.05, 4.69) is 0 Å². The summed E-state index contributed by atoms with van der Waals surface area (Å²) in [4.78, 5) is 13.6. The summed E-state index contributed by atoms with van der Waals surface area (Å²) in [6.45, 7) is 5.90. The number of benzene rings is 1. The first-order valence-electron chi connectivity index (χ1n) is 7.28. The summed E-state index contributed by atoms with van der Waals surface area (Å²) in [7, 11) is 0. The van der Waals surface area contributed by atoms with Crippen molar-refractivity contribution in [1.82, 2.24) is 4.90 Å². The van der Waals surface area contributed by atoms with Gasteiger partial charge in [-0.05, 0) is 44.9 Å². The van der Waals surface area contributed by atoms with E-state index >= 15 is 0 Å². The minimum Gasteiger partial charge on any atom is -0.444 e. The molecule has 122 valence electrons. The van der Waals surface area contributed by atoms with Crippen molar-refractivity contribution in [1.29, 1.82) is 0 Å². The average Bonchev–Trinajstić information content (AvgIpc) is 2.40. The number of hydrogen-bond donors (Lipinski definition) is 1. The lowest BCUT2D eigenvalue weighted by atomic mass is 9.88. The van der Waals surface area contributed by atoms with E-state index in [1.54, 1.807) is 20.8 Å². The molecule has 2 atom stereocenters. The first-order valence-corrected chi connectivity index (χ1v) is 7.28. The van der Waals surface area contributed by atoms with Gasteiger partial charge in [-0.3, -0.25) is 0 Å². The van der Waals surface area contributed by atoms with Crippen LogP contribution >= 0.6 is 0 Å². The molecule has 1 amide bonds. The second-order valence-electron chi connectivity index (χ2n) is 6.56. The Kier molecular flexibility index (Phi) is 4.70. The smallest absolute Gasteiger partial charge is 0.410 e. The Morgan fingerprint density at radius 2 is 2.00 bits per heavy atom. The van der Waals surface area contributed by atoms with Gasteiger partial charge in [0, 0.05) is 19.0 Å². The molecule has 1 aliphatic heterocycles. The number of aliphatic hydroxyl groups excluding tert-OH is 1. The van der Waals surface area contributed by atoms with Crippen LogP contribution < -0.4 is 0 Å². The Balaban J connectivity index is 2.14. The first-order chi connectivity index (χ1) is 10.2. The van der Waals surface area contributed by atoms with E-state index in [1.165, 1.54) is 11.0 Å². The number of aliphatic hydroxyl groups is 1. The number of hydrogen-bond acceptors (Lipinski definition) is 3. The molecular formula is C16H21F2NO3. The highest BCUT2D eigenvalue weighted by Crippen LogP contribution is 2.29. The molecule has 0 bridgehead atoms. The molecule has 0 aliphatic carbocycles. The number of halogens is 2. The van der Waals surface area contributed by atoms with Crippen molar-refractivity contribution in [3.8, 4) is 0 Å². The van der Waals surface area contributed by atoms with Gasteiger partial charge in [0.05, 0.1) is 6.10 Å².